The Morgan fingerprint density at radius 2 is 1.90 bits per heavy atom. The molecule has 2 aromatic carbocycles. The maximum absolute atomic E-state index is 12.8. The highest BCUT2D eigenvalue weighted by molar-refractivity contribution is 6.39. The van der Waals surface area contributed by atoms with E-state index in [4.69, 9.17) is 33.0 Å². The van der Waals surface area contributed by atoms with Gasteiger partial charge in [-0.15, -0.1) is 0 Å². The maximum atomic E-state index is 12.8. The van der Waals surface area contributed by atoms with Gasteiger partial charge in [0.1, 0.15) is 11.3 Å². The van der Waals surface area contributed by atoms with E-state index in [-0.39, 0.29) is 22.0 Å². The van der Waals surface area contributed by atoms with E-state index in [9.17, 15) is 19.2 Å². The second-order valence-corrected chi connectivity index (χ2v) is 6.65. The minimum atomic E-state index is -1.16. The van der Waals surface area contributed by atoms with Gasteiger partial charge >= 0.3 is 12.0 Å². The van der Waals surface area contributed by atoms with E-state index in [0.717, 1.165) is 4.90 Å². The van der Waals surface area contributed by atoms with Crippen molar-refractivity contribution in [2.24, 2.45) is 0 Å². The van der Waals surface area contributed by atoms with Crippen LogP contribution in [-0.2, 0) is 14.4 Å². The molecule has 1 saturated heterocycles. The summed E-state index contributed by atoms with van der Waals surface area (Å²) in [7, 11) is 0. The molecule has 0 bridgehead atoms. The van der Waals surface area contributed by atoms with Gasteiger partial charge in [-0.2, -0.15) is 0 Å². The van der Waals surface area contributed by atoms with Gasteiger partial charge < -0.3 is 9.84 Å². The molecule has 0 radical (unpaired) electrons. The number of hydrogen-bond donors (Lipinski definition) is 2. The fourth-order valence-corrected chi connectivity index (χ4v) is 2.97. The van der Waals surface area contributed by atoms with Crippen LogP contribution in [0.4, 0.5) is 10.5 Å². The lowest BCUT2D eigenvalue weighted by Gasteiger charge is -2.26. The number of barbiturate groups is 1. The fourth-order valence-electron chi connectivity index (χ4n) is 2.54. The zero-order valence-corrected chi connectivity index (χ0v) is 16.0. The predicted molar refractivity (Wildman–Crippen MR) is 105 cm³/mol. The quantitative estimate of drug-likeness (QED) is 0.551. The highest BCUT2D eigenvalue weighted by Gasteiger charge is 2.36. The number of nitrogens with one attached hydrogen (secondary N) is 1. The summed E-state index contributed by atoms with van der Waals surface area (Å²) in [5.41, 5.74) is 0.283. The van der Waals surface area contributed by atoms with E-state index in [2.05, 4.69) is 5.32 Å². The first-order valence-electron chi connectivity index (χ1n) is 8.07. The number of urea groups is 1. The molecule has 0 spiro atoms. The van der Waals surface area contributed by atoms with Crippen molar-refractivity contribution in [2.75, 3.05) is 11.5 Å². The smallest absolute Gasteiger partial charge is 0.341 e. The van der Waals surface area contributed by atoms with E-state index in [1.54, 1.807) is 12.1 Å². The molecule has 0 unspecified atom stereocenters. The van der Waals surface area contributed by atoms with Crippen LogP contribution in [-0.4, -0.2) is 35.5 Å². The zero-order valence-electron chi connectivity index (χ0n) is 14.5. The SMILES string of the molecule is O=C(O)COc1ccc(C=C2C(=O)NC(=O)N(c3cccc(Cl)c3)C2=O)cc1Cl. The molecular formula is C19H12Cl2N2O6. The standard InChI is InChI=1S/C19H12Cl2N2O6/c20-11-2-1-3-12(8-11)23-18(27)13(17(26)22-19(23)28)6-10-4-5-15(14(21)7-10)29-9-16(24)25/h1-8H,9H2,(H,24,25)(H,22,26,28). The zero-order chi connectivity index (χ0) is 21.1. The molecule has 0 saturated carbocycles. The Bertz CT molecular complexity index is 1070. The minimum absolute atomic E-state index is 0.0899. The van der Waals surface area contributed by atoms with Gasteiger partial charge in [-0.05, 0) is 42.0 Å². The van der Waals surface area contributed by atoms with Gasteiger partial charge in [-0.25, -0.2) is 14.5 Å². The maximum Gasteiger partial charge on any atom is 0.341 e. The second kappa shape index (κ2) is 8.34. The normalized spacial score (nSPS) is 15.4. The second-order valence-electron chi connectivity index (χ2n) is 5.81. The van der Waals surface area contributed by atoms with Crippen LogP contribution in [0.25, 0.3) is 6.08 Å². The van der Waals surface area contributed by atoms with Crippen molar-refractivity contribution >= 4 is 58.8 Å². The van der Waals surface area contributed by atoms with Crippen molar-refractivity contribution in [3.05, 3.63) is 63.6 Å². The average molecular weight is 435 g/mol. The number of benzene rings is 2. The molecule has 4 amide bonds. The highest BCUT2D eigenvalue weighted by atomic mass is 35.5. The first-order valence-corrected chi connectivity index (χ1v) is 8.83. The van der Waals surface area contributed by atoms with E-state index in [1.165, 1.54) is 36.4 Å². The number of rotatable bonds is 5. The summed E-state index contributed by atoms with van der Waals surface area (Å²) in [6.45, 7) is -0.572. The number of carboxylic acids is 1. The molecule has 1 fully saturated rings. The summed E-state index contributed by atoms with van der Waals surface area (Å²) in [4.78, 5) is 48.5. The van der Waals surface area contributed by atoms with Crippen LogP contribution in [0.1, 0.15) is 5.56 Å². The van der Waals surface area contributed by atoms with Crippen LogP contribution in [0.15, 0.2) is 48.0 Å². The Kier molecular flexibility index (Phi) is 5.86. The molecule has 1 aliphatic rings. The summed E-state index contributed by atoms with van der Waals surface area (Å²) < 4.78 is 5.02. The van der Waals surface area contributed by atoms with Crippen LogP contribution in [0, 0.1) is 0 Å². The summed E-state index contributed by atoms with van der Waals surface area (Å²) >= 11 is 12.0. The average Bonchev–Trinajstić information content (AvgIpc) is 2.64. The van der Waals surface area contributed by atoms with Crippen LogP contribution >= 0.6 is 23.2 Å². The largest absolute Gasteiger partial charge is 0.480 e. The number of carbonyl (C=O) groups is 4. The third-order valence-corrected chi connectivity index (χ3v) is 4.32. The molecule has 1 heterocycles. The molecular weight excluding hydrogens is 423 g/mol. The van der Waals surface area contributed by atoms with Crippen molar-refractivity contribution in [1.29, 1.82) is 0 Å². The number of nitrogens with zero attached hydrogens (tertiary/aromatic N) is 1. The monoisotopic (exact) mass is 434 g/mol. The van der Waals surface area contributed by atoms with Crippen LogP contribution in [0.3, 0.4) is 0 Å². The number of carbonyl (C=O) groups excluding carboxylic acids is 3. The third kappa shape index (κ3) is 4.56. The van der Waals surface area contributed by atoms with Gasteiger partial charge in [-0.1, -0.05) is 35.3 Å². The molecule has 2 N–H and O–H groups in total. The van der Waals surface area contributed by atoms with E-state index in [1.807, 2.05) is 0 Å². The Labute approximate surface area is 174 Å². The lowest BCUT2D eigenvalue weighted by molar-refractivity contribution is -0.139. The van der Waals surface area contributed by atoms with E-state index >= 15 is 0 Å². The Morgan fingerprint density at radius 1 is 1.14 bits per heavy atom. The molecule has 29 heavy (non-hydrogen) atoms. The lowest BCUT2D eigenvalue weighted by atomic mass is 10.1. The number of hydrogen-bond acceptors (Lipinski definition) is 5. The molecule has 3 rings (SSSR count). The topological polar surface area (TPSA) is 113 Å². The number of carboxylic acid groups (broad SMARTS) is 1. The van der Waals surface area contributed by atoms with Gasteiger partial charge in [0.25, 0.3) is 11.8 Å². The van der Waals surface area contributed by atoms with Gasteiger partial charge in [0.2, 0.25) is 0 Å². The number of aliphatic carboxylic acids is 1. The third-order valence-electron chi connectivity index (χ3n) is 3.79. The molecule has 0 atom stereocenters. The summed E-state index contributed by atoms with van der Waals surface area (Å²) in [6.07, 6.45) is 1.26. The summed E-state index contributed by atoms with van der Waals surface area (Å²) in [5.74, 6) is -2.72. The van der Waals surface area contributed by atoms with Crippen LogP contribution in [0.2, 0.25) is 10.0 Å². The molecule has 148 valence electrons. The van der Waals surface area contributed by atoms with Gasteiger partial charge in [0.05, 0.1) is 10.7 Å². The summed E-state index contributed by atoms with van der Waals surface area (Å²) in [6, 6.07) is 9.45. The predicted octanol–water partition coefficient (Wildman–Crippen LogP) is 3.12. The molecule has 0 aliphatic carbocycles. The number of anilines is 1. The number of halogens is 2. The van der Waals surface area contributed by atoms with Crippen LogP contribution < -0.4 is 15.0 Å². The van der Waals surface area contributed by atoms with Crippen molar-refractivity contribution in [3.8, 4) is 5.75 Å². The number of ether oxygens (including phenoxy) is 1. The Morgan fingerprint density at radius 3 is 2.55 bits per heavy atom. The highest BCUT2D eigenvalue weighted by Crippen LogP contribution is 2.28. The van der Waals surface area contributed by atoms with Gasteiger partial charge in [-0.3, -0.25) is 14.9 Å². The van der Waals surface area contributed by atoms with Crippen molar-refractivity contribution in [2.45, 2.75) is 0 Å². The molecule has 8 nitrogen and oxygen atoms in total. The van der Waals surface area contributed by atoms with Gasteiger partial charge in [0.15, 0.2) is 6.61 Å². The van der Waals surface area contributed by atoms with Crippen LogP contribution in [0.5, 0.6) is 5.75 Å². The van der Waals surface area contributed by atoms with Crippen molar-refractivity contribution in [1.82, 2.24) is 5.32 Å². The summed E-state index contributed by atoms with van der Waals surface area (Å²) in [5, 5.41) is 11.2. The Balaban J connectivity index is 1.92. The van der Waals surface area contributed by atoms with Gasteiger partial charge in [0, 0.05) is 5.02 Å². The molecule has 10 heteroatoms. The lowest BCUT2D eigenvalue weighted by Crippen LogP contribution is -2.54. The molecule has 0 aromatic heterocycles. The first-order chi connectivity index (χ1) is 13.8. The minimum Gasteiger partial charge on any atom is -0.480 e. The first kappa shape index (κ1) is 20.4. The van der Waals surface area contributed by atoms with E-state index in [0.29, 0.717) is 10.6 Å². The van der Waals surface area contributed by atoms with Crippen molar-refractivity contribution < 1.29 is 29.0 Å². The fraction of sp³-hybridized carbons (Fsp3) is 0.0526. The molecule has 2 aromatic rings. The number of amides is 4. The number of imide groups is 2. The Hall–Kier alpha value is -3.36. The van der Waals surface area contributed by atoms with E-state index < -0.39 is 30.4 Å². The van der Waals surface area contributed by atoms with Crippen molar-refractivity contribution in [3.63, 3.8) is 0 Å². The molecule has 1 aliphatic heterocycles.